The number of carbonyl (C=O) groups is 1. The molecule has 1 amide bonds. The van der Waals surface area contributed by atoms with Gasteiger partial charge in [-0.2, -0.15) is 0 Å². The van der Waals surface area contributed by atoms with E-state index in [1.54, 1.807) is 6.20 Å². The first-order chi connectivity index (χ1) is 13.5. The highest BCUT2D eigenvalue weighted by molar-refractivity contribution is 6.31. The van der Waals surface area contributed by atoms with Gasteiger partial charge in [-0.1, -0.05) is 11.6 Å². The summed E-state index contributed by atoms with van der Waals surface area (Å²) < 4.78 is 27.1. The summed E-state index contributed by atoms with van der Waals surface area (Å²) in [6, 6.07) is 10.4. The van der Waals surface area contributed by atoms with Gasteiger partial charge in [0.25, 0.3) is 5.91 Å². The van der Waals surface area contributed by atoms with Crippen LogP contribution in [0.1, 0.15) is 23.2 Å². The molecule has 2 heterocycles. The number of amides is 1. The second kappa shape index (κ2) is 7.72. The van der Waals surface area contributed by atoms with Crippen molar-refractivity contribution in [3.05, 3.63) is 70.9 Å². The molecule has 28 heavy (non-hydrogen) atoms. The molecule has 1 saturated heterocycles. The van der Waals surface area contributed by atoms with E-state index in [1.807, 2.05) is 24.3 Å². The highest BCUT2D eigenvalue weighted by atomic mass is 35.5. The van der Waals surface area contributed by atoms with E-state index in [9.17, 15) is 13.6 Å². The number of carbonyl (C=O) groups excluding carboxylic acids is 1. The number of fused-ring (bicyclic) bond motifs is 1. The van der Waals surface area contributed by atoms with Gasteiger partial charge in [-0.25, -0.2) is 13.8 Å². The lowest BCUT2D eigenvalue weighted by Crippen LogP contribution is -2.45. The van der Waals surface area contributed by atoms with Gasteiger partial charge in [0.15, 0.2) is 0 Å². The van der Waals surface area contributed by atoms with Crippen molar-refractivity contribution in [2.45, 2.75) is 18.9 Å². The van der Waals surface area contributed by atoms with Crippen LogP contribution in [0.25, 0.3) is 10.8 Å². The molecular formula is C21H18ClF2N3O. The number of hydrogen-bond donors (Lipinski definition) is 1. The van der Waals surface area contributed by atoms with Crippen molar-refractivity contribution in [2.24, 2.45) is 0 Å². The van der Waals surface area contributed by atoms with Gasteiger partial charge in [0.1, 0.15) is 17.5 Å². The number of halogens is 3. The van der Waals surface area contributed by atoms with Crippen molar-refractivity contribution in [3.63, 3.8) is 0 Å². The van der Waals surface area contributed by atoms with Gasteiger partial charge in [0, 0.05) is 35.7 Å². The zero-order chi connectivity index (χ0) is 19.7. The zero-order valence-corrected chi connectivity index (χ0v) is 15.7. The number of pyridine rings is 1. The molecule has 0 aliphatic carbocycles. The Labute approximate surface area is 166 Å². The van der Waals surface area contributed by atoms with E-state index in [0.29, 0.717) is 31.0 Å². The van der Waals surface area contributed by atoms with E-state index in [0.717, 1.165) is 34.8 Å². The standard InChI is InChI=1S/C21H18ClF2N3O/c22-14-1-3-17-13(11-14)5-8-25-20(17)27-9-6-16(7-10-27)26-21(28)18-12-15(23)2-4-19(18)24/h1-5,8,11-12,16H,6-7,9-10H2,(H,26,28). The van der Waals surface area contributed by atoms with Gasteiger partial charge in [-0.05, 0) is 60.7 Å². The fraction of sp³-hybridized carbons (Fsp3) is 0.238. The summed E-state index contributed by atoms with van der Waals surface area (Å²) in [5.74, 6) is -1.07. The maximum absolute atomic E-state index is 13.8. The SMILES string of the molecule is O=C(NC1CCN(c2nccc3cc(Cl)ccc23)CC1)c1cc(F)ccc1F. The Morgan fingerprint density at radius 3 is 2.68 bits per heavy atom. The monoisotopic (exact) mass is 401 g/mol. The van der Waals surface area contributed by atoms with E-state index in [4.69, 9.17) is 11.6 Å². The first kappa shape index (κ1) is 18.6. The number of piperidine rings is 1. The summed E-state index contributed by atoms with van der Waals surface area (Å²) in [7, 11) is 0. The van der Waals surface area contributed by atoms with Crippen LogP contribution in [-0.4, -0.2) is 30.0 Å². The van der Waals surface area contributed by atoms with Gasteiger partial charge in [-0.15, -0.1) is 0 Å². The molecule has 1 fully saturated rings. The number of rotatable bonds is 3. The highest BCUT2D eigenvalue weighted by Crippen LogP contribution is 2.28. The molecule has 144 valence electrons. The van der Waals surface area contributed by atoms with Crippen molar-refractivity contribution in [3.8, 4) is 0 Å². The summed E-state index contributed by atoms with van der Waals surface area (Å²) in [5, 5.41) is 5.53. The second-order valence-electron chi connectivity index (χ2n) is 6.86. The minimum Gasteiger partial charge on any atom is -0.356 e. The molecule has 3 aromatic rings. The van der Waals surface area contributed by atoms with E-state index in [1.165, 1.54) is 0 Å². The van der Waals surface area contributed by atoms with E-state index >= 15 is 0 Å². The van der Waals surface area contributed by atoms with Gasteiger partial charge in [-0.3, -0.25) is 4.79 Å². The maximum Gasteiger partial charge on any atom is 0.254 e. The van der Waals surface area contributed by atoms with Crippen molar-refractivity contribution < 1.29 is 13.6 Å². The van der Waals surface area contributed by atoms with Crippen molar-refractivity contribution in [2.75, 3.05) is 18.0 Å². The number of anilines is 1. The van der Waals surface area contributed by atoms with Crippen LogP contribution in [0.5, 0.6) is 0 Å². The second-order valence-corrected chi connectivity index (χ2v) is 7.30. The predicted octanol–water partition coefficient (Wildman–Crippen LogP) is 4.57. The smallest absolute Gasteiger partial charge is 0.254 e. The molecule has 0 atom stereocenters. The van der Waals surface area contributed by atoms with Crippen LogP contribution in [0.4, 0.5) is 14.6 Å². The number of nitrogens with one attached hydrogen (secondary N) is 1. The van der Waals surface area contributed by atoms with Crippen LogP contribution in [0.2, 0.25) is 5.02 Å². The Morgan fingerprint density at radius 2 is 1.89 bits per heavy atom. The lowest BCUT2D eigenvalue weighted by Gasteiger charge is -2.33. The largest absolute Gasteiger partial charge is 0.356 e. The maximum atomic E-state index is 13.8. The lowest BCUT2D eigenvalue weighted by molar-refractivity contribution is 0.0926. The Kier molecular flexibility index (Phi) is 5.13. The Morgan fingerprint density at radius 1 is 1.11 bits per heavy atom. The minimum absolute atomic E-state index is 0.101. The average Bonchev–Trinajstić information content (AvgIpc) is 2.69. The van der Waals surface area contributed by atoms with Crippen LogP contribution >= 0.6 is 11.6 Å². The quantitative estimate of drug-likeness (QED) is 0.699. The van der Waals surface area contributed by atoms with E-state index < -0.39 is 17.5 Å². The summed E-state index contributed by atoms with van der Waals surface area (Å²) in [4.78, 5) is 19.0. The predicted molar refractivity (Wildman–Crippen MR) is 106 cm³/mol. The van der Waals surface area contributed by atoms with Crippen molar-refractivity contribution >= 4 is 34.1 Å². The van der Waals surface area contributed by atoms with Gasteiger partial charge < -0.3 is 10.2 Å². The normalized spacial score (nSPS) is 15.0. The number of nitrogens with zero attached hydrogens (tertiary/aromatic N) is 2. The van der Waals surface area contributed by atoms with Crippen LogP contribution in [0.15, 0.2) is 48.7 Å². The first-order valence-corrected chi connectivity index (χ1v) is 9.44. The molecule has 0 bridgehead atoms. The fourth-order valence-corrected chi connectivity index (χ4v) is 3.74. The van der Waals surface area contributed by atoms with Crippen molar-refractivity contribution in [1.82, 2.24) is 10.3 Å². The molecule has 1 aliphatic heterocycles. The molecule has 1 aromatic heterocycles. The topological polar surface area (TPSA) is 45.2 Å². The molecule has 0 radical (unpaired) electrons. The molecule has 1 N–H and O–H groups in total. The third-order valence-corrected chi connectivity index (χ3v) is 5.24. The van der Waals surface area contributed by atoms with Gasteiger partial charge in [0.2, 0.25) is 0 Å². The fourth-order valence-electron chi connectivity index (χ4n) is 3.56. The first-order valence-electron chi connectivity index (χ1n) is 9.06. The Bertz CT molecular complexity index is 1040. The molecule has 4 nitrogen and oxygen atoms in total. The van der Waals surface area contributed by atoms with Crippen LogP contribution in [0, 0.1) is 11.6 Å². The van der Waals surface area contributed by atoms with E-state index in [2.05, 4.69) is 15.2 Å². The zero-order valence-electron chi connectivity index (χ0n) is 15.0. The molecule has 4 rings (SSSR count). The third-order valence-electron chi connectivity index (χ3n) is 5.01. The van der Waals surface area contributed by atoms with Crippen LogP contribution in [-0.2, 0) is 0 Å². The van der Waals surface area contributed by atoms with Crippen LogP contribution < -0.4 is 10.2 Å². The summed E-state index contributed by atoms with van der Waals surface area (Å²) in [5.41, 5.74) is -0.268. The molecular weight excluding hydrogens is 384 g/mol. The highest BCUT2D eigenvalue weighted by Gasteiger charge is 2.24. The van der Waals surface area contributed by atoms with Gasteiger partial charge >= 0.3 is 0 Å². The van der Waals surface area contributed by atoms with E-state index in [-0.39, 0.29) is 11.6 Å². The number of hydrogen-bond acceptors (Lipinski definition) is 3. The molecule has 7 heteroatoms. The minimum atomic E-state index is -0.727. The lowest BCUT2D eigenvalue weighted by atomic mass is 10.0. The molecule has 2 aromatic carbocycles. The molecule has 1 aliphatic rings. The van der Waals surface area contributed by atoms with Crippen molar-refractivity contribution in [1.29, 1.82) is 0 Å². The Hall–Kier alpha value is -2.73. The van der Waals surface area contributed by atoms with Gasteiger partial charge in [0.05, 0.1) is 5.56 Å². The summed E-state index contributed by atoms with van der Waals surface area (Å²) in [6.07, 6.45) is 3.14. The Balaban J connectivity index is 1.44. The molecule has 0 spiro atoms. The summed E-state index contributed by atoms with van der Waals surface area (Å²) in [6.45, 7) is 1.40. The number of benzene rings is 2. The molecule has 0 unspecified atom stereocenters. The van der Waals surface area contributed by atoms with Crippen LogP contribution in [0.3, 0.4) is 0 Å². The third kappa shape index (κ3) is 3.78. The summed E-state index contributed by atoms with van der Waals surface area (Å²) >= 11 is 6.07. The molecule has 0 saturated carbocycles. The number of aromatic nitrogens is 1. The average molecular weight is 402 g/mol.